The molecule has 0 spiro atoms. The highest BCUT2D eigenvalue weighted by molar-refractivity contribution is 5.75. The van der Waals surface area contributed by atoms with Crippen molar-refractivity contribution in [1.29, 1.82) is 0 Å². The summed E-state index contributed by atoms with van der Waals surface area (Å²) in [6, 6.07) is 12.3. The number of allylic oxidation sites excluding steroid dienone is 1. The molecule has 0 atom stereocenters. The summed E-state index contributed by atoms with van der Waals surface area (Å²) < 4.78 is 0. The van der Waals surface area contributed by atoms with Crippen LogP contribution in [0, 0.1) is 6.92 Å². The Morgan fingerprint density at radius 1 is 1.15 bits per heavy atom. The Hall–Kier alpha value is -2.42. The summed E-state index contributed by atoms with van der Waals surface area (Å²) in [4.78, 5) is 8.88. The topological polar surface area (TPSA) is 51.3 Å². The number of nitrogens with zero attached hydrogens (tertiary/aromatic N) is 2. The first-order valence-electron chi connectivity index (χ1n) is 6.72. The van der Waals surface area contributed by atoms with Gasteiger partial charge in [0.15, 0.2) is 0 Å². The van der Waals surface area contributed by atoms with Gasteiger partial charge in [0.25, 0.3) is 0 Å². The summed E-state index contributed by atoms with van der Waals surface area (Å²) >= 11 is 0. The van der Waals surface area contributed by atoms with Crippen LogP contribution in [-0.4, -0.2) is 11.2 Å². The lowest BCUT2D eigenvalue weighted by atomic mass is 10.0. The van der Waals surface area contributed by atoms with E-state index in [1.165, 1.54) is 17.3 Å². The quantitative estimate of drug-likeness (QED) is 0.855. The number of hydrogen-bond acceptors (Lipinski definition) is 3. The molecular weight excluding hydrogens is 246 g/mol. The third-order valence-corrected chi connectivity index (χ3v) is 3.05. The first-order valence-corrected chi connectivity index (χ1v) is 6.72. The Balaban J connectivity index is 2.30. The van der Waals surface area contributed by atoms with Gasteiger partial charge in [-0.1, -0.05) is 25.1 Å². The summed E-state index contributed by atoms with van der Waals surface area (Å²) in [5.41, 5.74) is 10.7. The van der Waals surface area contributed by atoms with Crippen molar-refractivity contribution in [3.05, 3.63) is 60.1 Å². The second kappa shape index (κ2) is 6.66. The van der Waals surface area contributed by atoms with E-state index in [2.05, 4.69) is 35.1 Å². The van der Waals surface area contributed by atoms with Crippen LogP contribution in [0.4, 0.5) is 5.69 Å². The molecular formula is C17H19N3. The summed E-state index contributed by atoms with van der Waals surface area (Å²) in [5, 5.41) is 0. The molecule has 0 saturated heterocycles. The molecule has 3 nitrogen and oxygen atoms in total. The van der Waals surface area contributed by atoms with Gasteiger partial charge < -0.3 is 5.73 Å². The maximum atomic E-state index is 5.26. The van der Waals surface area contributed by atoms with Gasteiger partial charge in [0.2, 0.25) is 0 Å². The van der Waals surface area contributed by atoms with Crippen molar-refractivity contribution < 1.29 is 0 Å². The summed E-state index contributed by atoms with van der Waals surface area (Å²) in [7, 11) is 0. The lowest BCUT2D eigenvalue weighted by Crippen LogP contribution is -1.94. The molecule has 1 aromatic heterocycles. The molecule has 102 valence electrons. The van der Waals surface area contributed by atoms with Crippen LogP contribution in [0.1, 0.15) is 18.3 Å². The van der Waals surface area contributed by atoms with Crippen molar-refractivity contribution in [2.45, 2.75) is 20.3 Å². The predicted octanol–water partition coefficient (Wildman–Crippen LogP) is 3.79. The fourth-order valence-corrected chi connectivity index (χ4v) is 2.05. The Morgan fingerprint density at radius 2 is 1.90 bits per heavy atom. The second-order valence-corrected chi connectivity index (χ2v) is 4.51. The van der Waals surface area contributed by atoms with Crippen LogP contribution in [0.2, 0.25) is 0 Å². The smallest absolute Gasteiger partial charge is 0.0630 e. The number of benzene rings is 1. The predicted molar refractivity (Wildman–Crippen MR) is 85.3 cm³/mol. The molecule has 2 aromatic rings. The van der Waals surface area contributed by atoms with Gasteiger partial charge in [-0.2, -0.15) is 0 Å². The van der Waals surface area contributed by atoms with E-state index in [1.807, 2.05) is 25.1 Å². The van der Waals surface area contributed by atoms with Crippen molar-refractivity contribution in [3.63, 3.8) is 0 Å². The normalized spacial score (nSPS) is 11.5. The molecule has 0 fully saturated rings. The molecule has 0 saturated carbocycles. The van der Waals surface area contributed by atoms with Crippen LogP contribution in [-0.2, 0) is 6.42 Å². The van der Waals surface area contributed by atoms with Crippen molar-refractivity contribution >= 4 is 11.9 Å². The summed E-state index contributed by atoms with van der Waals surface area (Å²) in [5.74, 6) is 0. The molecule has 0 aliphatic carbocycles. The monoisotopic (exact) mass is 265 g/mol. The van der Waals surface area contributed by atoms with Gasteiger partial charge in [-0.3, -0.25) is 9.98 Å². The largest absolute Gasteiger partial charge is 0.405 e. The van der Waals surface area contributed by atoms with Crippen LogP contribution >= 0.6 is 0 Å². The maximum absolute atomic E-state index is 5.26. The van der Waals surface area contributed by atoms with E-state index < -0.39 is 0 Å². The van der Waals surface area contributed by atoms with Crippen molar-refractivity contribution in [2.75, 3.05) is 0 Å². The van der Waals surface area contributed by atoms with Crippen LogP contribution < -0.4 is 5.73 Å². The zero-order valence-corrected chi connectivity index (χ0v) is 11.9. The molecule has 0 aliphatic rings. The number of aryl methyl sites for hydroxylation is 2. The molecule has 0 aliphatic heterocycles. The van der Waals surface area contributed by atoms with Gasteiger partial charge in [-0.15, -0.1) is 0 Å². The standard InChI is InChI=1S/C17H19N3/c1-3-17-16(10-5-13(2)20-17)14-6-8-15(9-7-14)19-12-4-11-18/h4-12H,3,18H2,1-2H3/b11-4-,19-12?. The third kappa shape index (κ3) is 3.32. The molecule has 0 amide bonds. The number of pyridine rings is 1. The van der Waals surface area contributed by atoms with Crippen molar-refractivity contribution in [1.82, 2.24) is 4.98 Å². The van der Waals surface area contributed by atoms with Crippen LogP contribution in [0.15, 0.2) is 53.7 Å². The molecule has 0 bridgehead atoms. The van der Waals surface area contributed by atoms with Crippen LogP contribution in [0.3, 0.4) is 0 Å². The van der Waals surface area contributed by atoms with Crippen molar-refractivity contribution in [3.8, 4) is 11.1 Å². The van der Waals surface area contributed by atoms with Gasteiger partial charge >= 0.3 is 0 Å². The fraction of sp³-hybridized carbons (Fsp3) is 0.176. The number of nitrogens with two attached hydrogens (primary N) is 1. The summed E-state index contributed by atoms with van der Waals surface area (Å²) in [6.07, 6.45) is 5.77. The minimum atomic E-state index is 0.907. The second-order valence-electron chi connectivity index (χ2n) is 4.51. The van der Waals surface area contributed by atoms with E-state index in [4.69, 9.17) is 5.73 Å². The first kappa shape index (κ1) is 14.0. The van der Waals surface area contributed by atoms with Gasteiger partial charge in [-0.05, 0) is 49.4 Å². The number of rotatable bonds is 4. The lowest BCUT2D eigenvalue weighted by molar-refractivity contribution is 1.01. The molecule has 0 radical (unpaired) electrons. The maximum Gasteiger partial charge on any atom is 0.0630 e. The molecule has 3 heteroatoms. The zero-order valence-electron chi connectivity index (χ0n) is 11.9. The lowest BCUT2D eigenvalue weighted by Gasteiger charge is -2.08. The highest BCUT2D eigenvalue weighted by Gasteiger charge is 2.05. The van der Waals surface area contributed by atoms with E-state index in [0.717, 1.165) is 23.5 Å². The average Bonchev–Trinajstić information content (AvgIpc) is 2.48. The minimum Gasteiger partial charge on any atom is -0.405 e. The highest BCUT2D eigenvalue weighted by atomic mass is 14.7. The number of aromatic nitrogens is 1. The van der Waals surface area contributed by atoms with E-state index in [1.54, 1.807) is 12.3 Å². The molecule has 20 heavy (non-hydrogen) atoms. The van der Waals surface area contributed by atoms with Crippen LogP contribution in [0.25, 0.3) is 11.1 Å². The molecule has 0 unspecified atom stereocenters. The third-order valence-electron chi connectivity index (χ3n) is 3.05. The van der Waals surface area contributed by atoms with E-state index >= 15 is 0 Å². The Labute approximate surface area is 119 Å². The van der Waals surface area contributed by atoms with Crippen LogP contribution in [0.5, 0.6) is 0 Å². The Kier molecular flexibility index (Phi) is 4.66. The fourth-order valence-electron chi connectivity index (χ4n) is 2.05. The molecule has 1 aromatic carbocycles. The first-order chi connectivity index (χ1) is 9.74. The SMILES string of the molecule is CCc1nc(C)ccc1-c1ccc(N=C/C=C\N)cc1. The van der Waals surface area contributed by atoms with Gasteiger partial charge in [0.05, 0.1) is 5.69 Å². The highest BCUT2D eigenvalue weighted by Crippen LogP contribution is 2.25. The average molecular weight is 265 g/mol. The molecule has 1 heterocycles. The molecule has 2 N–H and O–H groups in total. The van der Waals surface area contributed by atoms with E-state index in [0.29, 0.717) is 0 Å². The molecule has 2 rings (SSSR count). The number of aliphatic imine (C=N–C) groups is 1. The van der Waals surface area contributed by atoms with E-state index in [9.17, 15) is 0 Å². The van der Waals surface area contributed by atoms with Gasteiger partial charge in [0, 0.05) is 23.2 Å². The Morgan fingerprint density at radius 3 is 2.55 bits per heavy atom. The van der Waals surface area contributed by atoms with Gasteiger partial charge in [0.1, 0.15) is 0 Å². The summed E-state index contributed by atoms with van der Waals surface area (Å²) in [6.45, 7) is 4.15. The van der Waals surface area contributed by atoms with E-state index in [-0.39, 0.29) is 0 Å². The van der Waals surface area contributed by atoms with Gasteiger partial charge in [-0.25, -0.2) is 0 Å². The zero-order chi connectivity index (χ0) is 14.4. The number of hydrogen-bond donors (Lipinski definition) is 1. The van der Waals surface area contributed by atoms with Crippen molar-refractivity contribution in [2.24, 2.45) is 10.7 Å². The Bertz CT molecular complexity index is 625. The minimum absolute atomic E-state index is 0.907.